The lowest BCUT2D eigenvalue weighted by atomic mass is 9.76. The summed E-state index contributed by atoms with van der Waals surface area (Å²) in [6.07, 6.45) is 12.1. The summed E-state index contributed by atoms with van der Waals surface area (Å²) in [5, 5.41) is 3.50. The van der Waals surface area contributed by atoms with E-state index < -0.39 is 0 Å². The van der Waals surface area contributed by atoms with E-state index in [1.807, 2.05) is 18.5 Å². The molecule has 0 bridgehead atoms. The molecule has 1 N–H and O–H groups in total. The summed E-state index contributed by atoms with van der Waals surface area (Å²) in [4.78, 5) is 4.31. The molecule has 94 valence electrons. The van der Waals surface area contributed by atoms with Gasteiger partial charge in [-0.15, -0.1) is 0 Å². The van der Waals surface area contributed by atoms with Crippen LogP contribution in [0.1, 0.15) is 30.4 Å². The normalized spacial score (nSPS) is 27.2. The predicted molar refractivity (Wildman–Crippen MR) is 76.0 cm³/mol. The van der Waals surface area contributed by atoms with Crippen molar-refractivity contribution in [2.75, 3.05) is 13.1 Å². The zero-order valence-corrected chi connectivity index (χ0v) is 10.7. The smallest absolute Gasteiger partial charge is 0.0343 e. The zero-order chi connectivity index (χ0) is 12.4. The highest BCUT2D eigenvalue weighted by atomic mass is 14.9. The Hall–Kier alpha value is -1.41. The summed E-state index contributed by atoms with van der Waals surface area (Å²) < 4.78 is 0. The quantitative estimate of drug-likeness (QED) is 0.859. The molecule has 2 heterocycles. The number of nitrogens with one attached hydrogen (secondary N) is 1. The van der Waals surface area contributed by atoms with Crippen LogP contribution >= 0.6 is 0 Å². The maximum absolute atomic E-state index is 4.31. The van der Waals surface area contributed by atoms with Crippen molar-refractivity contribution in [1.82, 2.24) is 10.3 Å². The summed E-state index contributed by atoms with van der Waals surface area (Å²) >= 11 is 0. The van der Waals surface area contributed by atoms with Gasteiger partial charge in [0.15, 0.2) is 0 Å². The van der Waals surface area contributed by atoms with Crippen molar-refractivity contribution in [1.29, 1.82) is 0 Å². The van der Waals surface area contributed by atoms with E-state index in [9.17, 15) is 0 Å². The summed E-state index contributed by atoms with van der Waals surface area (Å²) in [5.41, 5.74) is 3.85. The van der Waals surface area contributed by atoms with Crippen LogP contribution < -0.4 is 5.32 Å². The number of hydrogen-bond acceptors (Lipinski definition) is 2. The Labute approximate surface area is 109 Å². The summed E-state index contributed by atoms with van der Waals surface area (Å²) in [7, 11) is 0. The van der Waals surface area contributed by atoms with Crippen LogP contribution in [0.5, 0.6) is 0 Å². The fourth-order valence-electron chi connectivity index (χ4n) is 3.16. The van der Waals surface area contributed by atoms with Gasteiger partial charge in [0.25, 0.3) is 0 Å². The molecular formula is C16H20N2. The van der Waals surface area contributed by atoms with E-state index in [0.29, 0.717) is 0 Å². The van der Waals surface area contributed by atoms with E-state index in [2.05, 4.69) is 29.0 Å². The van der Waals surface area contributed by atoms with Crippen molar-refractivity contribution in [3.8, 4) is 0 Å². The first kappa shape index (κ1) is 11.7. The zero-order valence-electron chi connectivity index (χ0n) is 10.7. The largest absolute Gasteiger partial charge is 0.316 e. The Morgan fingerprint density at radius 3 is 3.17 bits per heavy atom. The molecule has 1 aliphatic carbocycles. The second-order valence-corrected chi connectivity index (χ2v) is 5.36. The van der Waals surface area contributed by atoms with Gasteiger partial charge in [-0.1, -0.05) is 18.7 Å². The molecule has 0 amide bonds. The minimum absolute atomic E-state index is 0.717. The van der Waals surface area contributed by atoms with E-state index in [4.69, 9.17) is 0 Å². The average Bonchev–Trinajstić information content (AvgIpc) is 2.47. The highest BCUT2D eigenvalue weighted by molar-refractivity contribution is 5.68. The van der Waals surface area contributed by atoms with Gasteiger partial charge >= 0.3 is 0 Å². The van der Waals surface area contributed by atoms with Crippen LogP contribution in [0.25, 0.3) is 11.6 Å². The van der Waals surface area contributed by atoms with Crippen molar-refractivity contribution in [2.45, 2.75) is 19.3 Å². The van der Waals surface area contributed by atoms with Gasteiger partial charge in [0.2, 0.25) is 0 Å². The molecule has 2 heteroatoms. The van der Waals surface area contributed by atoms with Gasteiger partial charge < -0.3 is 5.32 Å². The molecule has 2 aliphatic rings. The van der Waals surface area contributed by atoms with Gasteiger partial charge in [-0.3, -0.25) is 4.98 Å². The van der Waals surface area contributed by atoms with Crippen LogP contribution in [0, 0.1) is 11.8 Å². The molecule has 1 aliphatic heterocycles. The van der Waals surface area contributed by atoms with Crippen LogP contribution in [-0.4, -0.2) is 18.1 Å². The second-order valence-electron chi connectivity index (χ2n) is 5.36. The molecule has 3 rings (SSSR count). The van der Waals surface area contributed by atoms with Gasteiger partial charge in [-0.25, -0.2) is 0 Å². The molecule has 1 saturated heterocycles. The van der Waals surface area contributed by atoms with Crippen LogP contribution in [0.4, 0.5) is 0 Å². The summed E-state index contributed by atoms with van der Waals surface area (Å²) in [6, 6.07) is 2.20. The average molecular weight is 240 g/mol. The van der Waals surface area contributed by atoms with Gasteiger partial charge in [-0.05, 0) is 60.4 Å². The third-order valence-corrected chi connectivity index (χ3v) is 4.24. The summed E-state index contributed by atoms with van der Waals surface area (Å²) in [6.45, 7) is 6.15. The molecular weight excluding hydrogens is 220 g/mol. The first-order chi connectivity index (χ1) is 8.86. The van der Waals surface area contributed by atoms with Crippen molar-refractivity contribution >= 4 is 11.6 Å². The van der Waals surface area contributed by atoms with Gasteiger partial charge in [0.05, 0.1) is 0 Å². The van der Waals surface area contributed by atoms with Crippen molar-refractivity contribution in [2.24, 2.45) is 11.8 Å². The van der Waals surface area contributed by atoms with Crippen LogP contribution in [0.15, 0.2) is 31.1 Å². The molecule has 2 nitrogen and oxygen atoms in total. The molecule has 1 aromatic rings. The fraction of sp³-hybridized carbons (Fsp3) is 0.438. The maximum Gasteiger partial charge on any atom is 0.0343 e. The number of fused-ring (bicyclic) bond motifs is 1. The Balaban J connectivity index is 1.87. The Bertz CT molecular complexity index is 476. The van der Waals surface area contributed by atoms with E-state index in [0.717, 1.165) is 23.9 Å². The van der Waals surface area contributed by atoms with Crippen LogP contribution in [0.2, 0.25) is 0 Å². The van der Waals surface area contributed by atoms with Crippen LogP contribution in [0.3, 0.4) is 0 Å². The molecule has 18 heavy (non-hydrogen) atoms. The SMILES string of the molecule is C=Cc1cncc(C2=C[C@@H]3CNCC[C@@H]3CC2)c1. The van der Waals surface area contributed by atoms with Gasteiger partial charge in [-0.2, -0.15) is 0 Å². The highest BCUT2D eigenvalue weighted by Crippen LogP contribution is 2.36. The predicted octanol–water partition coefficient (Wildman–Crippen LogP) is 3.13. The van der Waals surface area contributed by atoms with E-state index in [-0.39, 0.29) is 0 Å². The fourth-order valence-corrected chi connectivity index (χ4v) is 3.16. The lowest BCUT2D eigenvalue weighted by Crippen LogP contribution is -2.37. The third kappa shape index (κ3) is 2.25. The van der Waals surface area contributed by atoms with Gasteiger partial charge in [0.1, 0.15) is 0 Å². The Morgan fingerprint density at radius 2 is 2.28 bits per heavy atom. The minimum Gasteiger partial charge on any atom is -0.316 e. The molecule has 0 spiro atoms. The van der Waals surface area contributed by atoms with E-state index in [1.165, 1.54) is 36.9 Å². The molecule has 0 unspecified atom stereocenters. The summed E-state index contributed by atoms with van der Waals surface area (Å²) in [5.74, 6) is 1.61. The molecule has 2 atom stereocenters. The Morgan fingerprint density at radius 1 is 1.33 bits per heavy atom. The highest BCUT2D eigenvalue weighted by Gasteiger charge is 2.27. The topological polar surface area (TPSA) is 24.9 Å². The van der Waals surface area contributed by atoms with E-state index in [1.54, 1.807) is 0 Å². The number of allylic oxidation sites excluding steroid dienone is 1. The molecule has 0 aromatic carbocycles. The van der Waals surface area contributed by atoms with Gasteiger partial charge in [0, 0.05) is 18.9 Å². The lowest BCUT2D eigenvalue weighted by molar-refractivity contribution is 0.279. The first-order valence-electron chi connectivity index (χ1n) is 6.86. The van der Waals surface area contributed by atoms with Crippen LogP contribution in [-0.2, 0) is 0 Å². The molecule has 0 saturated carbocycles. The lowest BCUT2D eigenvalue weighted by Gasteiger charge is -2.34. The maximum atomic E-state index is 4.31. The monoisotopic (exact) mass is 240 g/mol. The number of aromatic nitrogens is 1. The Kier molecular flexibility index (Phi) is 3.28. The molecule has 1 aromatic heterocycles. The van der Waals surface area contributed by atoms with Crippen molar-refractivity contribution in [3.05, 3.63) is 42.2 Å². The van der Waals surface area contributed by atoms with E-state index >= 15 is 0 Å². The standard InChI is InChI=1S/C16H20N2/c1-2-12-7-15(11-18-9-12)14-4-3-13-5-6-17-10-16(13)8-14/h2,7-9,11,13,16-17H,1,3-6,10H2/t13-,16+/m0/s1. The third-order valence-electron chi connectivity index (χ3n) is 4.24. The minimum atomic E-state index is 0.717. The molecule has 0 radical (unpaired) electrons. The number of piperidine rings is 1. The molecule has 1 fully saturated rings. The number of pyridine rings is 1. The second kappa shape index (κ2) is 5.07. The first-order valence-corrected chi connectivity index (χ1v) is 6.86. The van der Waals surface area contributed by atoms with Crippen molar-refractivity contribution < 1.29 is 0 Å². The number of rotatable bonds is 2. The number of hydrogen-bond donors (Lipinski definition) is 1. The number of nitrogens with zero attached hydrogens (tertiary/aromatic N) is 1. The van der Waals surface area contributed by atoms with Crippen molar-refractivity contribution in [3.63, 3.8) is 0 Å².